The lowest BCUT2D eigenvalue weighted by Crippen LogP contribution is -2.36. The number of benzene rings is 2. The SMILES string of the molecule is CN=C(NCc1ccc(C(=O)NC)cc1)NCc1ccc(C)cc1OCCOC. The molecule has 0 aliphatic heterocycles. The van der Waals surface area contributed by atoms with Crippen LogP contribution in [0.15, 0.2) is 47.5 Å². The number of nitrogens with zero attached hydrogens (tertiary/aromatic N) is 1. The lowest BCUT2D eigenvalue weighted by Gasteiger charge is -2.15. The number of guanidine groups is 1. The van der Waals surface area contributed by atoms with Gasteiger partial charge in [-0.25, -0.2) is 0 Å². The molecule has 29 heavy (non-hydrogen) atoms. The summed E-state index contributed by atoms with van der Waals surface area (Å²) in [4.78, 5) is 15.9. The van der Waals surface area contributed by atoms with Crippen LogP contribution in [0, 0.1) is 6.92 Å². The van der Waals surface area contributed by atoms with Crippen LogP contribution in [0.25, 0.3) is 0 Å². The van der Waals surface area contributed by atoms with Crippen LogP contribution in [0.5, 0.6) is 5.75 Å². The third-order valence-electron chi connectivity index (χ3n) is 4.34. The van der Waals surface area contributed by atoms with E-state index in [-0.39, 0.29) is 5.91 Å². The number of hydrogen-bond donors (Lipinski definition) is 3. The van der Waals surface area contributed by atoms with E-state index in [2.05, 4.69) is 33.1 Å². The average molecular weight is 399 g/mol. The minimum Gasteiger partial charge on any atom is -0.491 e. The molecule has 2 aromatic carbocycles. The highest BCUT2D eigenvalue weighted by molar-refractivity contribution is 5.93. The maximum atomic E-state index is 11.6. The van der Waals surface area contributed by atoms with E-state index in [1.54, 1.807) is 21.2 Å². The van der Waals surface area contributed by atoms with Gasteiger partial charge < -0.3 is 25.4 Å². The van der Waals surface area contributed by atoms with Gasteiger partial charge in [0.2, 0.25) is 0 Å². The Morgan fingerprint density at radius 1 is 1.03 bits per heavy atom. The number of amides is 1. The Morgan fingerprint density at radius 3 is 2.41 bits per heavy atom. The van der Waals surface area contributed by atoms with Crippen molar-refractivity contribution in [1.82, 2.24) is 16.0 Å². The second kappa shape index (κ2) is 11.7. The van der Waals surface area contributed by atoms with Gasteiger partial charge in [-0.1, -0.05) is 24.3 Å². The second-order valence-corrected chi connectivity index (χ2v) is 6.51. The predicted molar refractivity (Wildman–Crippen MR) is 115 cm³/mol. The molecule has 0 saturated carbocycles. The number of nitrogens with one attached hydrogen (secondary N) is 3. The molecule has 2 rings (SSSR count). The summed E-state index contributed by atoms with van der Waals surface area (Å²) in [6.45, 7) is 4.27. The smallest absolute Gasteiger partial charge is 0.251 e. The van der Waals surface area contributed by atoms with Crippen molar-refractivity contribution < 1.29 is 14.3 Å². The molecule has 0 aromatic heterocycles. The zero-order valence-corrected chi connectivity index (χ0v) is 17.5. The summed E-state index contributed by atoms with van der Waals surface area (Å²) in [5.74, 6) is 1.43. The predicted octanol–water partition coefficient (Wildman–Crippen LogP) is 2.25. The van der Waals surface area contributed by atoms with E-state index in [9.17, 15) is 4.79 Å². The third-order valence-corrected chi connectivity index (χ3v) is 4.34. The number of ether oxygens (including phenoxy) is 2. The molecule has 0 unspecified atom stereocenters. The van der Waals surface area contributed by atoms with E-state index in [4.69, 9.17) is 9.47 Å². The maximum Gasteiger partial charge on any atom is 0.251 e. The lowest BCUT2D eigenvalue weighted by molar-refractivity contribution is 0.0963. The van der Waals surface area contributed by atoms with E-state index >= 15 is 0 Å². The largest absolute Gasteiger partial charge is 0.491 e. The first kappa shape index (κ1) is 22.2. The van der Waals surface area contributed by atoms with Gasteiger partial charge >= 0.3 is 0 Å². The summed E-state index contributed by atoms with van der Waals surface area (Å²) < 4.78 is 10.9. The summed E-state index contributed by atoms with van der Waals surface area (Å²) >= 11 is 0. The van der Waals surface area contributed by atoms with Gasteiger partial charge in [-0.05, 0) is 36.2 Å². The number of aliphatic imine (C=N–C) groups is 1. The fraction of sp³-hybridized carbons (Fsp3) is 0.364. The van der Waals surface area contributed by atoms with E-state index in [1.807, 2.05) is 37.3 Å². The molecule has 7 nitrogen and oxygen atoms in total. The van der Waals surface area contributed by atoms with Crippen molar-refractivity contribution in [2.24, 2.45) is 4.99 Å². The van der Waals surface area contributed by atoms with Gasteiger partial charge in [0.05, 0.1) is 6.61 Å². The summed E-state index contributed by atoms with van der Waals surface area (Å²) in [7, 11) is 5.01. The number of rotatable bonds is 9. The Morgan fingerprint density at radius 2 is 1.76 bits per heavy atom. The Balaban J connectivity index is 1.91. The first-order valence-corrected chi connectivity index (χ1v) is 9.54. The number of carbonyl (C=O) groups is 1. The third kappa shape index (κ3) is 7.12. The Hall–Kier alpha value is -3.06. The molecule has 0 saturated heterocycles. The number of aryl methyl sites for hydroxylation is 1. The molecule has 0 heterocycles. The molecular weight excluding hydrogens is 368 g/mol. The number of carbonyl (C=O) groups excluding carboxylic acids is 1. The fourth-order valence-corrected chi connectivity index (χ4v) is 2.68. The van der Waals surface area contributed by atoms with Crippen LogP contribution >= 0.6 is 0 Å². The van der Waals surface area contributed by atoms with E-state index < -0.39 is 0 Å². The van der Waals surface area contributed by atoms with Crippen LogP contribution < -0.4 is 20.7 Å². The molecule has 0 aliphatic rings. The molecule has 0 aliphatic carbocycles. The first-order valence-electron chi connectivity index (χ1n) is 9.54. The second-order valence-electron chi connectivity index (χ2n) is 6.51. The first-order chi connectivity index (χ1) is 14.1. The molecule has 0 bridgehead atoms. The van der Waals surface area contributed by atoms with Gasteiger partial charge in [0.15, 0.2) is 5.96 Å². The highest BCUT2D eigenvalue weighted by atomic mass is 16.5. The Labute approximate surface area is 172 Å². The van der Waals surface area contributed by atoms with Gasteiger partial charge in [-0.2, -0.15) is 0 Å². The van der Waals surface area contributed by atoms with E-state index in [0.29, 0.717) is 37.8 Å². The zero-order valence-electron chi connectivity index (χ0n) is 17.5. The molecule has 0 atom stereocenters. The number of methoxy groups -OCH3 is 1. The Bertz CT molecular complexity index is 819. The van der Waals surface area contributed by atoms with Gasteiger partial charge in [-0.15, -0.1) is 0 Å². The average Bonchev–Trinajstić information content (AvgIpc) is 2.75. The highest BCUT2D eigenvalue weighted by Crippen LogP contribution is 2.20. The molecule has 3 N–H and O–H groups in total. The van der Waals surface area contributed by atoms with Gasteiger partial charge in [0.1, 0.15) is 12.4 Å². The van der Waals surface area contributed by atoms with Crippen molar-refractivity contribution in [2.45, 2.75) is 20.0 Å². The van der Waals surface area contributed by atoms with Crippen molar-refractivity contribution >= 4 is 11.9 Å². The molecule has 1 amide bonds. The van der Waals surface area contributed by atoms with Crippen LogP contribution in [0.3, 0.4) is 0 Å². The Kier molecular flexibility index (Phi) is 8.98. The van der Waals surface area contributed by atoms with Crippen LogP contribution in [-0.2, 0) is 17.8 Å². The van der Waals surface area contributed by atoms with Crippen LogP contribution in [-0.4, -0.2) is 46.3 Å². The topological polar surface area (TPSA) is 84.0 Å². The maximum absolute atomic E-state index is 11.6. The molecule has 0 spiro atoms. The summed E-state index contributed by atoms with van der Waals surface area (Å²) in [6.07, 6.45) is 0. The van der Waals surface area contributed by atoms with Gasteiger partial charge in [-0.3, -0.25) is 9.79 Å². The molecule has 0 radical (unpaired) electrons. The highest BCUT2D eigenvalue weighted by Gasteiger charge is 2.07. The lowest BCUT2D eigenvalue weighted by atomic mass is 10.1. The fourth-order valence-electron chi connectivity index (χ4n) is 2.68. The normalized spacial score (nSPS) is 11.1. The van der Waals surface area contributed by atoms with E-state index in [1.165, 1.54) is 0 Å². The van der Waals surface area contributed by atoms with E-state index in [0.717, 1.165) is 22.4 Å². The molecular formula is C22H30N4O3. The van der Waals surface area contributed by atoms with Crippen molar-refractivity contribution in [3.8, 4) is 5.75 Å². The van der Waals surface area contributed by atoms with Crippen molar-refractivity contribution in [2.75, 3.05) is 34.4 Å². The van der Waals surface area contributed by atoms with Crippen molar-refractivity contribution in [1.29, 1.82) is 0 Å². The van der Waals surface area contributed by atoms with Gasteiger partial charge in [0.25, 0.3) is 5.91 Å². The molecule has 156 valence electrons. The minimum absolute atomic E-state index is 0.0939. The summed E-state index contributed by atoms with van der Waals surface area (Å²) in [6, 6.07) is 13.6. The molecule has 2 aromatic rings. The number of hydrogen-bond acceptors (Lipinski definition) is 4. The van der Waals surface area contributed by atoms with Crippen LogP contribution in [0.1, 0.15) is 27.0 Å². The molecule has 7 heteroatoms. The summed E-state index contributed by atoms with van der Waals surface area (Å²) in [5.41, 5.74) is 3.88. The quantitative estimate of drug-likeness (QED) is 0.343. The zero-order chi connectivity index (χ0) is 21.1. The van der Waals surface area contributed by atoms with Crippen molar-refractivity contribution in [3.05, 3.63) is 64.7 Å². The van der Waals surface area contributed by atoms with Crippen molar-refractivity contribution in [3.63, 3.8) is 0 Å². The summed E-state index contributed by atoms with van der Waals surface area (Å²) in [5, 5.41) is 9.20. The van der Waals surface area contributed by atoms with Gasteiger partial charge in [0, 0.05) is 45.4 Å². The van der Waals surface area contributed by atoms with Crippen LogP contribution in [0.2, 0.25) is 0 Å². The minimum atomic E-state index is -0.0939. The van der Waals surface area contributed by atoms with Crippen LogP contribution in [0.4, 0.5) is 0 Å². The molecule has 0 fully saturated rings. The monoisotopic (exact) mass is 398 g/mol. The standard InChI is InChI=1S/C22H30N4O3/c1-16-5-8-19(20(13-16)29-12-11-28-4)15-26-22(24-3)25-14-17-6-9-18(10-7-17)21(27)23-2/h5-10,13H,11-12,14-15H2,1-4H3,(H,23,27)(H2,24,25,26).